The lowest BCUT2D eigenvalue weighted by atomic mass is 10.1. The molecular formula is C22H28FNO2. The fourth-order valence-corrected chi connectivity index (χ4v) is 2.62. The minimum Gasteiger partial charge on any atom is -0.423 e. The maximum atomic E-state index is 14.3. The molecule has 1 unspecified atom stereocenters. The average Bonchev–Trinajstić information content (AvgIpc) is 2.66. The fraction of sp³-hybridized carbons (Fsp3) is 0.455. The number of ether oxygens (including phenoxy) is 1. The summed E-state index contributed by atoms with van der Waals surface area (Å²) < 4.78 is 19.4. The van der Waals surface area contributed by atoms with E-state index in [4.69, 9.17) is 4.74 Å². The molecule has 2 rings (SSSR count). The molecule has 0 bridgehead atoms. The van der Waals surface area contributed by atoms with Crippen molar-refractivity contribution >= 4 is 5.97 Å². The molecule has 0 aliphatic rings. The first-order valence-corrected chi connectivity index (χ1v) is 9.51. The number of nitrogens with zero attached hydrogens (tertiary/aromatic N) is 1. The second-order valence-electron chi connectivity index (χ2n) is 6.74. The van der Waals surface area contributed by atoms with Crippen molar-refractivity contribution in [3.8, 4) is 17.0 Å². The molecule has 0 N–H and O–H groups in total. The number of unbranched alkanes of at least 4 members (excludes halogenated alkanes) is 3. The van der Waals surface area contributed by atoms with E-state index >= 15 is 0 Å². The Bertz CT molecular complexity index is 713. The molecule has 140 valence electrons. The largest absolute Gasteiger partial charge is 0.423 e. The van der Waals surface area contributed by atoms with Gasteiger partial charge in [0.05, 0.1) is 11.6 Å². The van der Waals surface area contributed by atoms with Gasteiger partial charge in [0.1, 0.15) is 0 Å². The topological polar surface area (TPSA) is 39.2 Å². The van der Waals surface area contributed by atoms with Crippen LogP contribution in [-0.2, 0) is 11.2 Å². The number of halogens is 1. The van der Waals surface area contributed by atoms with Crippen molar-refractivity contribution in [2.24, 2.45) is 5.92 Å². The van der Waals surface area contributed by atoms with Crippen molar-refractivity contribution in [3.05, 3.63) is 47.9 Å². The highest BCUT2D eigenvalue weighted by Crippen LogP contribution is 2.25. The molecule has 1 aromatic carbocycles. The van der Waals surface area contributed by atoms with Crippen molar-refractivity contribution in [2.45, 2.75) is 59.3 Å². The third-order valence-electron chi connectivity index (χ3n) is 4.60. The van der Waals surface area contributed by atoms with E-state index in [-0.39, 0.29) is 11.7 Å². The summed E-state index contributed by atoms with van der Waals surface area (Å²) in [5.41, 5.74) is 2.58. The third-order valence-corrected chi connectivity index (χ3v) is 4.60. The Balaban J connectivity index is 2.03. The SMILES string of the molecule is CCCCCCc1ccc(-c2ccc(OC(=O)C(C)CC)c(F)c2)nc1. The van der Waals surface area contributed by atoms with E-state index in [1.165, 1.54) is 43.4 Å². The summed E-state index contributed by atoms with van der Waals surface area (Å²) in [7, 11) is 0. The molecule has 4 heteroatoms. The summed E-state index contributed by atoms with van der Waals surface area (Å²) in [5.74, 6) is -1.25. The van der Waals surface area contributed by atoms with Gasteiger partial charge in [-0.1, -0.05) is 46.1 Å². The second kappa shape index (κ2) is 10.0. The molecule has 26 heavy (non-hydrogen) atoms. The van der Waals surface area contributed by atoms with Gasteiger partial charge in [0.2, 0.25) is 0 Å². The molecule has 3 nitrogen and oxygen atoms in total. The van der Waals surface area contributed by atoms with Crippen LogP contribution in [0.3, 0.4) is 0 Å². The number of aryl methyl sites for hydroxylation is 1. The molecular weight excluding hydrogens is 329 g/mol. The van der Waals surface area contributed by atoms with Crippen LogP contribution >= 0.6 is 0 Å². The number of pyridine rings is 1. The molecule has 0 aliphatic carbocycles. The Kier molecular flexibility index (Phi) is 7.76. The minimum absolute atomic E-state index is 0.0356. The molecule has 1 atom stereocenters. The summed E-state index contributed by atoms with van der Waals surface area (Å²) in [4.78, 5) is 16.3. The van der Waals surface area contributed by atoms with Gasteiger partial charge in [0, 0.05) is 11.8 Å². The number of esters is 1. The molecule has 0 aliphatic heterocycles. The molecule has 1 aromatic heterocycles. The van der Waals surface area contributed by atoms with Gasteiger partial charge in [-0.15, -0.1) is 0 Å². The van der Waals surface area contributed by atoms with E-state index in [1.807, 2.05) is 25.3 Å². The zero-order valence-corrected chi connectivity index (χ0v) is 15.9. The lowest BCUT2D eigenvalue weighted by Crippen LogP contribution is -2.17. The Morgan fingerprint density at radius 3 is 2.58 bits per heavy atom. The van der Waals surface area contributed by atoms with Crippen LogP contribution in [0.15, 0.2) is 36.5 Å². The molecule has 0 fully saturated rings. The van der Waals surface area contributed by atoms with E-state index in [0.29, 0.717) is 17.7 Å². The van der Waals surface area contributed by atoms with Crippen molar-refractivity contribution in [2.75, 3.05) is 0 Å². The molecule has 2 aromatic rings. The monoisotopic (exact) mass is 357 g/mol. The zero-order chi connectivity index (χ0) is 18.9. The number of hydrogen-bond donors (Lipinski definition) is 0. The molecule has 1 heterocycles. The first-order chi connectivity index (χ1) is 12.5. The third kappa shape index (κ3) is 5.65. The van der Waals surface area contributed by atoms with Gasteiger partial charge >= 0.3 is 5.97 Å². The van der Waals surface area contributed by atoms with Crippen molar-refractivity contribution < 1.29 is 13.9 Å². The highest BCUT2D eigenvalue weighted by Gasteiger charge is 2.16. The Labute approximate surface area is 155 Å². The van der Waals surface area contributed by atoms with Gasteiger partial charge in [0.15, 0.2) is 11.6 Å². The summed E-state index contributed by atoms with van der Waals surface area (Å²) >= 11 is 0. The van der Waals surface area contributed by atoms with Gasteiger partial charge in [-0.2, -0.15) is 0 Å². The first-order valence-electron chi connectivity index (χ1n) is 9.51. The van der Waals surface area contributed by atoms with Gasteiger partial charge in [-0.05, 0) is 49.1 Å². The van der Waals surface area contributed by atoms with Crippen LogP contribution in [0.25, 0.3) is 11.3 Å². The molecule has 0 spiro atoms. The van der Waals surface area contributed by atoms with Crippen LogP contribution in [-0.4, -0.2) is 11.0 Å². The smallest absolute Gasteiger partial charge is 0.314 e. The summed E-state index contributed by atoms with van der Waals surface area (Å²) in [6.07, 6.45) is 8.43. The lowest BCUT2D eigenvalue weighted by molar-refractivity contribution is -0.138. The number of carbonyl (C=O) groups is 1. The van der Waals surface area contributed by atoms with E-state index in [1.54, 1.807) is 13.0 Å². The van der Waals surface area contributed by atoms with E-state index in [9.17, 15) is 9.18 Å². The standard InChI is InChI=1S/C22H28FNO2/c1-4-6-7-8-9-17-10-12-20(24-15-17)18-11-13-21(19(23)14-18)26-22(25)16(3)5-2/h10-16H,4-9H2,1-3H3. The molecule has 0 amide bonds. The summed E-state index contributed by atoms with van der Waals surface area (Å²) in [5, 5.41) is 0. The van der Waals surface area contributed by atoms with E-state index in [2.05, 4.69) is 11.9 Å². The van der Waals surface area contributed by atoms with Gasteiger partial charge in [0.25, 0.3) is 0 Å². The highest BCUT2D eigenvalue weighted by atomic mass is 19.1. The highest BCUT2D eigenvalue weighted by molar-refractivity contribution is 5.75. The van der Waals surface area contributed by atoms with Crippen LogP contribution in [0.1, 0.15) is 58.4 Å². The number of rotatable bonds is 9. The minimum atomic E-state index is -0.551. The predicted octanol–water partition coefficient (Wildman–Crippen LogP) is 5.96. The van der Waals surface area contributed by atoms with Crippen LogP contribution in [0.5, 0.6) is 5.75 Å². The van der Waals surface area contributed by atoms with Crippen molar-refractivity contribution in [1.29, 1.82) is 0 Å². The lowest BCUT2D eigenvalue weighted by Gasteiger charge is -2.10. The van der Waals surface area contributed by atoms with Gasteiger partial charge < -0.3 is 4.74 Å². The Morgan fingerprint density at radius 1 is 1.15 bits per heavy atom. The maximum Gasteiger partial charge on any atom is 0.314 e. The average molecular weight is 357 g/mol. The summed E-state index contributed by atoms with van der Waals surface area (Å²) in [6, 6.07) is 8.54. The summed E-state index contributed by atoms with van der Waals surface area (Å²) in [6.45, 7) is 5.86. The molecule has 0 saturated carbocycles. The zero-order valence-electron chi connectivity index (χ0n) is 15.9. The van der Waals surface area contributed by atoms with Crippen LogP contribution in [0.4, 0.5) is 4.39 Å². The fourth-order valence-electron chi connectivity index (χ4n) is 2.62. The van der Waals surface area contributed by atoms with E-state index in [0.717, 1.165) is 6.42 Å². The number of hydrogen-bond acceptors (Lipinski definition) is 3. The van der Waals surface area contributed by atoms with Crippen molar-refractivity contribution in [3.63, 3.8) is 0 Å². The van der Waals surface area contributed by atoms with E-state index < -0.39 is 11.8 Å². The maximum absolute atomic E-state index is 14.3. The molecule has 0 saturated heterocycles. The molecule has 0 radical (unpaired) electrons. The van der Waals surface area contributed by atoms with Gasteiger partial charge in [-0.3, -0.25) is 9.78 Å². The van der Waals surface area contributed by atoms with Gasteiger partial charge in [-0.25, -0.2) is 4.39 Å². The number of benzene rings is 1. The quantitative estimate of drug-likeness (QED) is 0.316. The Morgan fingerprint density at radius 2 is 1.96 bits per heavy atom. The second-order valence-corrected chi connectivity index (χ2v) is 6.74. The van der Waals surface area contributed by atoms with Crippen molar-refractivity contribution in [1.82, 2.24) is 4.98 Å². The van der Waals surface area contributed by atoms with Crippen LogP contribution < -0.4 is 4.74 Å². The number of aromatic nitrogens is 1. The van der Waals surface area contributed by atoms with Crippen LogP contribution in [0, 0.1) is 11.7 Å². The normalized spacial score (nSPS) is 12.0. The first kappa shape index (κ1) is 20.1. The predicted molar refractivity (Wildman–Crippen MR) is 103 cm³/mol. The van der Waals surface area contributed by atoms with Crippen LogP contribution in [0.2, 0.25) is 0 Å². The number of carbonyl (C=O) groups excluding carboxylic acids is 1. The Hall–Kier alpha value is -2.23.